The van der Waals surface area contributed by atoms with Crippen molar-refractivity contribution in [2.45, 2.75) is 39.9 Å². The molecule has 1 fully saturated rings. The van der Waals surface area contributed by atoms with Crippen molar-refractivity contribution in [3.8, 4) is 0 Å². The van der Waals surface area contributed by atoms with Crippen LogP contribution >= 0.6 is 11.6 Å². The highest BCUT2D eigenvalue weighted by atomic mass is 35.5. The zero-order valence-corrected chi connectivity index (χ0v) is 12.7. The van der Waals surface area contributed by atoms with E-state index in [1.807, 2.05) is 36.1 Å². The highest BCUT2D eigenvalue weighted by Crippen LogP contribution is 2.30. The van der Waals surface area contributed by atoms with Gasteiger partial charge in [0.15, 0.2) is 0 Å². The van der Waals surface area contributed by atoms with Gasteiger partial charge >= 0.3 is 0 Å². The van der Waals surface area contributed by atoms with Crippen molar-refractivity contribution in [1.82, 2.24) is 10.2 Å². The van der Waals surface area contributed by atoms with Crippen molar-refractivity contribution in [3.05, 3.63) is 34.9 Å². The Balaban J connectivity index is 2.30. The standard InChI is InChI=1S/C15H21ClN2O/c1-10-14(19)18(9-15(2,3)4)13(17-10)11-6-5-7-12(16)8-11/h5-8,10,13,17H,9H2,1-4H3. The molecule has 1 aliphatic heterocycles. The number of carbonyl (C=O) groups excluding carboxylic acids is 1. The lowest BCUT2D eigenvalue weighted by atomic mass is 9.95. The molecule has 0 spiro atoms. The zero-order valence-electron chi connectivity index (χ0n) is 11.9. The molecule has 19 heavy (non-hydrogen) atoms. The number of hydrogen-bond acceptors (Lipinski definition) is 2. The number of nitrogens with one attached hydrogen (secondary N) is 1. The molecule has 1 aromatic carbocycles. The first kappa shape index (κ1) is 14.4. The summed E-state index contributed by atoms with van der Waals surface area (Å²) < 4.78 is 0. The van der Waals surface area contributed by atoms with Crippen LogP contribution in [-0.4, -0.2) is 23.4 Å². The van der Waals surface area contributed by atoms with Gasteiger partial charge in [-0.2, -0.15) is 0 Å². The Morgan fingerprint density at radius 3 is 2.63 bits per heavy atom. The number of carbonyl (C=O) groups is 1. The second-order valence-corrected chi connectivity index (χ2v) is 6.81. The molecule has 2 unspecified atom stereocenters. The third-order valence-corrected chi connectivity index (χ3v) is 3.42. The van der Waals surface area contributed by atoms with Crippen molar-refractivity contribution in [2.75, 3.05) is 6.54 Å². The van der Waals surface area contributed by atoms with Crippen LogP contribution in [0.15, 0.2) is 24.3 Å². The average Bonchev–Trinajstić information content (AvgIpc) is 2.55. The number of halogens is 1. The molecule has 1 saturated heterocycles. The predicted molar refractivity (Wildman–Crippen MR) is 78.0 cm³/mol. The molecule has 0 saturated carbocycles. The van der Waals surface area contributed by atoms with Crippen LogP contribution in [0.3, 0.4) is 0 Å². The maximum absolute atomic E-state index is 12.3. The molecule has 2 atom stereocenters. The van der Waals surface area contributed by atoms with Crippen LogP contribution in [0.4, 0.5) is 0 Å². The number of nitrogens with zero attached hydrogens (tertiary/aromatic N) is 1. The quantitative estimate of drug-likeness (QED) is 0.902. The Labute approximate surface area is 119 Å². The first-order chi connectivity index (χ1) is 8.78. The molecule has 1 aromatic rings. The van der Waals surface area contributed by atoms with E-state index in [0.717, 1.165) is 12.1 Å². The summed E-state index contributed by atoms with van der Waals surface area (Å²) in [5, 5.41) is 4.03. The van der Waals surface area contributed by atoms with Crippen LogP contribution in [0, 0.1) is 5.41 Å². The Bertz CT molecular complexity index is 481. The van der Waals surface area contributed by atoms with Gasteiger partial charge in [0.05, 0.1) is 6.04 Å². The molecular formula is C15H21ClN2O. The van der Waals surface area contributed by atoms with Crippen molar-refractivity contribution < 1.29 is 4.79 Å². The lowest BCUT2D eigenvalue weighted by molar-refractivity contribution is -0.131. The molecular weight excluding hydrogens is 260 g/mol. The highest BCUT2D eigenvalue weighted by molar-refractivity contribution is 6.30. The van der Waals surface area contributed by atoms with E-state index < -0.39 is 0 Å². The summed E-state index contributed by atoms with van der Waals surface area (Å²) in [6.07, 6.45) is -0.0829. The normalized spacial score (nSPS) is 24.1. The largest absolute Gasteiger partial charge is 0.321 e. The number of benzene rings is 1. The van der Waals surface area contributed by atoms with Crippen LogP contribution < -0.4 is 5.32 Å². The van der Waals surface area contributed by atoms with E-state index in [1.165, 1.54) is 0 Å². The van der Waals surface area contributed by atoms with Crippen LogP contribution in [0.1, 0.15) is 39.4 Å². The van der Waals surface area contributed by atoms with Crippen LogP contribution in [-0.2, 0) is 4.79 Å². The summed E-state index contributed by atoms with van der Waals surface area (Å²) in [6.45, 7) is 9.04. The van der Waals surface area contributed by atoms with E-state index >= 15 is 0 Å². The first-order valence-corrected chi connectivity index (χ1v) is 6.98. The van der Waals surface area contributed by atoms with Gasteiger partial charge in [-0.05, 0) is 30.0 Å². The third kappa shape index (κ3) is 3.28. The smallest absolute Gasteiger partial charge is 0.241 e. The summed E-state index contributed by atoms with van der Waals surface area (Å²) in [5.74, 6) is 0.153. The van der Waals surface area contributed by atoms with Gasteiger partial charge in [-0.3, -0.25) is 10.1 Å². The molecule has 1 amide bonds. The zero-order chi connectivity index (χ0) is 14.2. The Morgan fingerprint density at radius 1 is 1.37 bits per heavy atom. The first-order valence-electron chi connectivity index (χ1n) is 6.60. The minimum absolute atomic E-state index is 0.0677. The van der Waals surface area contributed by atoms with Crippen molar-refractivity contribution >= 4 is 17.5 Å². The maximum atomic E-state index is 12.3. The highest BCUT2D eigenvalue weighted by Gasteiger charge is 2.38. The Kier molecular flexibility index (Phi) is 3.88. The second-order valence-electron chi connectivity index (χ2n) is 6.37. The molecule has 1 heterocycles. The van der Waals surface area contributed by atoms with Crippen LogP contribution in [0.2, 0.25) is 5.02 Å². The van der Waals surface area contributed by atoms with Crippen LogP contribution in [0.5, 0.6) is 0 Å². The monoisotopic (exact) mass is 280 g/mol. The lowest BCUT2D eigenvalue weighted by Gasteiger charge is -2.31. The van der Waals surface area contributed by atoms with Gasteiger partial charge in [0.25, 0.3) is 0 Å². The summed E-state index contributed by atoms with van der Waals surface area (Å²) in [4.78, 5) is 14.2. The van der Waals surface area contributed by atoms with Gasteiger partial charge in [-0.15, -0.1) is 0 Å². The predicted octanol–water partition coefficient (Wildman–Crippen LogP) is 3.21. The number of rotatable bonds is 2. The SMILES string of the molecule is CC1NC(c2cccc(Cl)c2)N(CC(C)(C)C)C1=O. The van der Waals surface area contributed by atoms with Crippen molar-refractivity contribution in [2.24, 2.45) is 5.41 Å². The van der Waals surface area contributed by atoms with E-state index in [0.29, 0.717) is 5.02 Å². The van der Waals surface area contributed by atoms with Gasteiger partial charge in [0, 0.05) is 11.6 Å². The summed E-state index contributed by atoms with van der Waals surface area (Å²) >= 11 is 6.05. The summed E-state index contributed by atoms with van der Waals surface area (Å²) in [6, 6.07) is 7.54. The topological polar surface area (TPSA) is 32.3 Å². The molecule has 104 valence electrons. The lowest BCUT2D eigenvalue weighted by Crippen LogP contribution is -2.37. The Hall–Kier alpha value is -1.06. The fourth-order valence-electron chi connectivity index (χ4n) is 2.41. The molecule has 4 heteroatoms. The minimum Gasteiger partial charge on any atom is -0.321 e. The van der Waals surface area contributed by atoms with Gasteiger partial charge in [-0.25, -0.2) is 0 Å². The van der Waals surface area contributed by atoms with Gasteiger partial charge in [-0.1, -0.05) is 44.5 Å². The Morgan fingerprint density at radius 2 is 2.05 bits per heavy atom. The van der Waals surface area contributed by atoms with Gasteiger partial charge < -0.3 is 4.90 Å². The van der Waals surface area contributed by atoms with E-state index in [2.05, 4.69) is 26.1 Å². The summed E-state index contributed by atoms with van der Waals surface area (Å²) in [5.41, 5.74) is 1.10. The molecule has 0 bridgehead atoms. The average molecular weight is 281 g/mol. The van der Waals surface area contributed by atoms with Crippen LogP contribution in [0.25, 0.3) is 0 Å². The molecule has 2 rings (SSSR count). The van der Waals surface area contributed by atoms with Gasteiger partial charge in [0.1, 0.15) is 6.17 Å². The second kappa shape index (κ2) is 5.14. The van der Waals surface area contributed by atoms with E-state index in [-0.39, 0.29) is 23.5 Å². The molecule has 1 aliphatic rings. The molecule has 3 nitrogen and oxygen atoms in total. The number of hydrogen-bond donors (Lipinski definition) is 1. The van der Waals surface area contributed by atoms with E-state index in [4.69, 9.17) is 11.6 Å². The fourth-order valence-corrected chi connectivity index (χ4v) is 2.61. The molecule has 1 N–H and O–H groups in total. The van der Waals surface area contributed by atoms with E-state index in [1.54, 1.807) is 0 Å². The van der Waals surface area contributed by atoms with Gasteiger partial charge in [0.2, 0.25) is 5.91 Å². The molecule has 0 aromatic heterocycles. The maximum Gasteiger partial charge on any atom is 0.241 e. The number of amides is 1. The minimum atomic E-state index is -0.147. The molecule has 0 aliphatic carbocycles. The van der Waals surface area contributed by atoms with Crippen molar-refractivity contribution in [1.29, 1.82) is 0 Å². The van der Waals surface area contributed by atoms with Crippen molar-refractivity contribution in [3.63, 3.8) is 0 Å². The fraction of sp³-hybridized carbons (Fsp3) is 0.533. The third-order valence-electron chi connectivity index (χ3n) is 3.18. The summed E-state index contributed by atoms with van der Waals surface area (Å²) in [7, 11) is 0. The molecule has 0 radical (unpaired) electrons. The van der Waals surface area contributed by atoms with E-state index in [9.17, 15) is 4.79 Å².